The van der Waals surface area contributed by atoms with Gasteiger partial charge in [-0.25, -0.2) is 4.98 Å². The van der Waals surface area contributed by atoms with E-state index in [1.807, 2.05) is 29.2 Å². The third-order valence-corrected chi connectivity index (χ3v) is 7.29. The number of carbonyl (C=O) groups excluding carboxylic acids is 1. The number of hydrogen-bond acceptors (Lipinski definition) is 4. The number of piperazine rings is 1. The van der Waals surface area contributed by atoms with Crippen LogP contribution >= 0.6 is 11.6 Å². The summed E-state index contributed by atoms with van der Waals surface area (Å²) < 4.78 is 38.6. The average Bonchev–Trinajstić information content (AvgIpc) is 3.08. The van der Waals surface area contributed by atoms with E-state index >= 15 is 0 Å². The van der Waals surface area contributed by atoms with Gasteiger partial charge in [0.05, 0.1) is 12.1 Å². The molecular weight excluding hydrogens is 465 g/mol. The second-order valence-corrected chi connectivity index (χ2v) is 9.65. The van der Waals surface area contributed by atoms with Crippen molar-refractivity contribution in [1.29, 1.82) is 0 Å². The Kier molecular flexibility index (Phi) is 6.29. The Bertz CT molecular complexity index is 1060. The normalized spacial score (nSPS) is 23.2. The number of halogens is 4. The zero-order valence-electron chi connectivity index (χ0n) is 18.6. The first-order chi connectivity index (χ1) is 16.3. The summed E-state index contributed by atoms with van der Waals surface area (Å²) in [5.74, 6) is 0.670. The van der Waals surface area contributed by atoms with E-state index in [0.717, 1.165) is 49.6 Å². The molecule has 4 heterocycles. The van der Waals surface area contributed by atoms with Gasteiger partial charge in [0.15, 0.2) is 0 Å². The fraction of sp³-hybridized carbons (Fsp3) is 0.440. The van der Waals surface area contributed by atoms with Gasteiger partial charge in [0, 0.05) is 49.5 Å². The molecular formula is C25H26ClF3N4O. The lowest BCUT2D eigenvalue weighted by Crippen LogP contribution is -2.57. The fourth-order valence-corrected chi connectivity index (χ4v) is 5.39. The summed E-state index contributed by atoms with van der Waals surface area (Å²) in [6.07, 6.45) is 1.39. The Balaban J connectivity index is 1.18. The van der Waals surface area contributed by atoms with Crippen molar-refractivity contribution in [3.8, 4) is 0 Å². The Hall–Kier alpha value is -2.58. The van der Waals surface area contributed by atoms with E-state index in [1.165, 1.54) is 17.2 Å². The maximum atomic E-state index is 13.1. The highest BCUT2D eigenvalue weighted by molar-refractivity contribution is 6.30. The molecule has 1 amide bonds. The van der Waals surface area contributed by atoms with Gasteiger partial charge in [0.2, 0.25) is 5.91 Å². The van der Waals surface area contributed by atoms with Crippen molar-refractivity contribution in [2.75, 3.05) is 37.6 Å². The summed E-state index contributed by atoms with van der Waals surface area (Å²) in [6, 6.07) is 10.5. The molecule has 5 nitrogen and oxygen atoms in total. The van der Waals surface area contributed by atoms with E-state index in [-0.39, 0.29) is 18.0 Å². The predicted octanol–water partition coefficient (Wildman–Crippen LogP) is 4.72. The van der Waals surface area contributed by atoms with Gasteiger partial charge in [0.1, 0.15) is 5.82 Å². The average molecular weight is 491 g/mol. The number of carbonyl (C=O) groups is 1. The highest BCUT2D eigenvalue weighted by atomic mass is 35.5. The van der Waals surface area contributed by atoms with Crippen LogP contribution in [0, 0.1) is 0 Å². The minimum atomic E-state index is -4.39. The third kappa shape index (κ3) is 4.79. The number of benzene rings is 1. The van der Waals surface area contributed by atoms with Crippen LogP contribution in [-0.2, 0) is 11.0 Å². The number of likely N-dealkylation sites (tertiary alicyclic amines) is 1. The number of amides is 1. The van der Waals surface area contributed by atoms with Crippen molar-refractivity contribution in [1.82, 2.24) is 14.8 Å². The number of pyridine rings is 1. The summed E-state index contributed by atoms with van der Waals surface area (Å²) in [4.78, 5) is 23.3. The first-order valence-electron chi connectivity index (χ1n) is 11.5. The molecule has 0 spiro atoms. The van der Waals surface area contributed by atoms with Crippen LogP contribution in [0.15, 0.2) is 48.7 Å². The van der Waals surface area contributed by atoms with Gasteiger partial charge in [-0.15, -0.1) is 0 Å². The zero-order chi connectivity index (χ0) is 23.9. The lowest BCUT2D eigenvalue weighted by atomic mass is 9.99. The molecule has 0 saturated carbocycles. The van der Waals surface area contributed by atoms with Gasteiger partial charge in [-0.3, -0.25) is 9.69 Å². The highest BCUT2D eigenvalue weighted by Crippen LogP contribution is 2.36. The van der Waals surface area contributed by atoms with E-state index in [4.69, 9.17) is 11.6 Å². The van der Waals surface area contributed by atoms with Crippen molar-refractivity contribution < 1.29 is 18.0 Å². The van der Waals surface area contributed by atoms with Gasteiger partial charge >= 0.3 is 6.18 Å². The van der Waals surface area contributed by atoms with Crippen LogP contribution in [0.25, 0.3) is 5.57 Å². The van der Waals surface area contributed by atoms with Crippen LogP contribution in [0.2, 0.25) is 5.02 Å². The summed E-state index contributed by atoms with van der Waals surface area (Å²) in [5, 5.41) is 0.718. The van der Waals surface area contributed by atoms with Crippen LogP contribution in [-0.4, -0.2) is 65.5 Å². The first-order valence-corrected chi connectivity index (χ1v) is 11.9. The van der Waals surface area contributed by atoms with E-state index in [2.05, 4.69) is 20.9 Å². The van der Waals surface area contributed by atoms with Crippen LogP contribution in [0.1, 0.15) is 30.4 Å². The topological polar surface area (TPSA) is 39.7 Å². The van der Waals surface area contributed by atoms with E-state index in [1.54, 1.807) is 0 Å². The molecule has 2 saturated heterocycles. The minimum absolute atomic E-state index is 0.0877. The zero-order valence-corrected chi connectivity index (χ0v) is 19.4. The van der Waals surface area contributed by atoms with Crippen molar-refractivity contribution >= 4 is 28.9 Å². The molecule has 34 heavy (non-hydrogen) atoms. The third-order valence-electron chi connectivity index (χ3n) is 7.04. The van der Waals surface area contributed by atoms with Gasteiger partial charge in [0.25, 0.3) is 0 Å². The monoisotopic (exact) mass is 490 g/mol. The molecule has 2 atom stereocenters. The molecule has 0 N–H and O–H groups in total. The maximum Gasteiger partial charge on any atom is 0.417 e. The molecule has 5 rings (SSSR count). The summed E-state index contributed by atoms with van der Waals surface area (Å²) in [5.41, 5.74) is 1.70. The number of anilines is 1. The Morgan fingerprint density at radius 3 is 2.32 bits per heavy atom. The predicted molar refractivity (Wildman–Crippen MR) is 126 cm³/mol. The molecule has 2 fully saturated rings. The number of rotatable bonds is 4. The van der Waals surface area contributed by atoms with Crippen molar-refractivity contribution in [3.63, 3.8) is 0 Å². The highest BCUT2D eigenvalue weighted by Gasteiger charge is 2.42. The van der Waals surface area contributed by atoms with E-state index in [9.17, 15) is 18.0 Å². The largest absolute Gasteiger partial charge is 0.417 e. The molecule has 2 unspecified atom stereocenters. The molecule has 0 radical (unpaired) electrons. The van der Waals surface area contributed by atoms with Gasteiger partial charge in [-0.1, -0.05) is 29.8 Å². The summed E-state index contributed by atoms with van der Waals surface area (Å²) in [6.45, 7) is 3.09. The molecule has 3 aliphatic rings. The molecule has 1 aromatic heterocycles. The van der Waals surface area contributed by atoms with Crippen molar-refractivity contribution in [2.24, 2.45) is 0 Å². The standard InChI is InChI=1S/C25H26ClF3N4O/c26-20-4-1-17(2-5-20)18-9-11-31(12-10-18)16-24(34)32-14-21-6-7-22(15-32)33(21)23-8-3-19(13-30-23)25(27,28)29/h1-5,8-9,13,21-22H,6-7,10-12,14-16H2. The van der Waals surface area contributed by atoms with Crippen LogP contribution < -0.4 is 4.90 Å². The SMILES string of the molecule is O=C(CN1CC=C(c2ccc(Cl)cc2)CC1)N1CC2CCC(C1)N2c1ccc(C(F)(F)F)cn1. The molecule has 1 aromatic carbocycles. The molecule has 2 aromatic rings. The first kappa shape index (κ1) is 23.2. The lowest BCUT2D eigenvalue weighted by Gasteiger charge is -2.42. The Labute approximate surface area is 201 Å². The van der Waals surface area contributed by atoms with Gasteiger partial charge in [-0.05, 0) is 54.7 Å². The fourth-order valence-electron chi connectivity index (χ4n) is 5.26. The second-order valence-electron chi connectivity index (χ2n) is 9.22. The van der Waals surface area contributed by atoms with E-state index < -0.39 is 11.7 Å². The molecule has 2 bridgehead atoms. The Morgan fingerprint density at radius 1 is 1.06 bits per heavy atom. The van der Waals surface area contributed by atoms with Crippen molar-refractivity contribution in [2.45, 2.75) is 37.5 Å². The van der Waals surface area contributed by atoms with Gasteiger partial charge in [-0.2, -0.15) is 13.2 Å². The maximum absolute atomic E-state index is 13.1. The summed E-state index contributed by atoms with van der Waals surface area (Å²) in [7, 11) is 0. The molecule has 0 aliphatic carbocycles. The van der Waals surface area contributed by atoms with Crippen LogP contribution in [0.5, 0.6) is 0 Å². The number of aromatic nitrogens is 1. The second kappa shape index (κ2) is 9.23. The Morgan fingerprint density at radius 2 is 1.76 bits per heavy atom. The van der Waals surface area contributed by atoms with E-state index in [0.29, 0.717) is 25.5 Å². The van der Waals surface area contributed by atoms with Crippen LogP contribution in [0.3, 0.4) is 0 Å². The summed E-state index contributed by atoms with van der Waals surface area (Å²) >= 11 is 5.98. The quantitative estimate of drug-likeness (QED) is 0.621. The number of fused-ring (bicyclic) bond motifs is 2. The lowest BCUT2D eigenvalue weighted by molar-refractivity contribution is -0.138. The van der Waals surface area contributed by atoms with Gasteiger partial charge < -0.3 is 9.80 Å². The smallest absolute Gasteiger partial charge is 0.347 e. The number of nitrogens with zero attached hydrogens (tertiary/aromatic N) is 4. The van der Waals surface area contributed by atoms with Crippen LogP contribution in [0.4, 0.5) is 19.0 Å². The molecule has 3 aliphatic heterocycles. The number of alkyl halides is 3. The molecule has 180 valence electrons. The van der Waals surface area contributed by atoms with Crippen molar-refractivity contribution in [3.05, 3.63) is 64.8 Å². The minimum Gasteiger partial charge on any atom is -0.347 e. The number of hydrogen-bond donors (Lipinski definition) is 0. The molecule has 9 heteroatoms.